The van der Waals surface area contributed by atoms with Crippen LogP contribution < -0.4 is 19.1 Å². The third-order valence-corrected chi connectivity index (χ3v) is 9.07. The first kappa shape index (κ1) is 31.8. The minimum Gasteiger partial charge on any atom is -0.486 e. The summed E-state index contributed by atoms with van der Waals surface area (Å²) in [6.45, 7) is 5.42. The quantitative estimate of drug-likeness (QED) is 0.309. The predicted molar refractivity (Wildman–Crippen MR) is 163 cm³/mol. The minimum absolute atomic E-state index is 0.0360. The van der Waals surface area contributed by atoms with Crippen LogP contribution in [0, 0.1) is 5.82 Å². The lowest BCUT2D eigenvalue weighted by atomic mass is 10.0. The largest absolute Gasteiger partial charge is 0.486 e. The van der Waals surface area contributed by atoms with Gasteiger partial charge in [-0.2, -0.15) is 0 Å². The lowest BCUT2D eigenvalue weighted by molar-refractivity contribution is -0.140. The molecular weight excluding hydrogens is 573 g/mol. The van der Waals surface area contributed by atoms with E-state index in [1.807, 2.05) is 44.2 Å². The van der Waals surface area contributed by atoms with Gasteiger partial charge in [-0.15, -0.1) is 0 Å². The molecule has 0 radical (unpaired) electrons. The molecule has 9 nitrogen and oxygen atoms in total. The Morgan fingerprint density at radius 3 is 2.26 bits per heavy atom. The van der Waals surface area contributed by atoms with Gasteiger partial charge in [0.25, 0.3) is 0 Å². The first-order valence-electron chi connectivity index (χ1n) is 14.4. The second-order valence-corrected chi connectivity index (χ2v) is 12.6. The number of sulfonamides is 1. The Bertz CT molecular complexity index is 1500. The maximum atomic E-state index is 14.3. The molecule has 4 rings (SSSR count). The van der Waals surface area contributed by atoms with Gasteiger partial charge >= 0.3 is 0 Å². The molecule has 2 atom stereocenters. The SMILES string of the molecule is CC[C@@H](C)NC(=O)[C@H](Cc1ccccc1)N(Cc1ccc(F)cc1)C(=O)CN(c1ccc2c(c1)OCCO2)S(=O)(=O)CC. The van der Waals surface area contributed by atoms with Crippen molar-refractivity contribution in [3.63, 3.8) is 0 Å². The van der Waals surface area contributed by atoms with Crippen molar-refractivity contribution in [2.24, 2.45) is 0 Å². The van der Waals surface area contributed by atoms with Gasteiger partial charge in [-0.3, -0.25) is 13.9 Å². The van der Waals surface area contributed by atoms with E-state index in [4.69, 9.17) is 9.47 Å². The van der Waals surface area contributed by atoms with Crippen molar-refractivity contribution in [1.29, 1.82) is 0 Å². The van der Waals surface area contributed by atoms with E-state index in [1.54, 1.807) is 24.3 Å². The van der Waals surface area contributed by atoms with Gasteiger partial charge in [-0.1, -0.05) is 49.4 Å². The van der Waals surface area contributed by atoms with Crippen LogP contribution in [-0.2, 0) is 32.6 Å². The zero-order chi connectivity index (χ0) is 31.0. The molecule has 0 saturated carbocycles. The van der Waals surface area contributed by atoms with Crippen molar-refractivity contribution < 1.29 is 31.9 Å². The van der Waals surface area contributed by atoms with Gasteiger partial charge < -0.3 is 19.7 Å². The molecule has 3 aromatic rings. The van der Waals surface area contributed by atoms with Crippen LogP contribution in [0.1, 0.15) is 38.3 Å². The van der Waals surface area contributed by atoms with Crippen molar-refractivity contribution in [3.8, 4) is 11.5 Å². The van der Waals surface area contributed by atoms with Crippen LogP contribution in [0.5, 0.6) is 11.5 Å². The number of fused-ring (bicyclic) bond motifs is 1. The molecule has 0 saturated heterocycles. The number of nitrogens with zero attached hydrogens (tertiary/aromatic N) is 2. The molecule has 11 heteroatoms. The zero-order valence-electron chi connectivity index (χ0n) is 24.7. The van der Waals surface area contributed by atoms with E-state index in [0.29, 0.717) is 36.7 Å². The number of rotatable bonds is 13. The number of carbonyl (C=O) groups is 2. The van der Waals surface area contributed by atoms with Crippen LogP contribution in [0.15, 0.2) is 72.8 Å². The Hall–Kier alpha value is -4.12. The summed E-state index contributed by atoms with van der Waals surface area (Å²) in [5.41, 5.74) is 1.66. The molecule has 230 valence electrons. The summed E-state index contributed by atoms with van der Waals surface area (Å²) in [7, 11) is -3.94. The molecule has 0 fully saturated rings. The van der Waals surface area contributed by atoms with Crippen LogP contribution in [-0.4, -0.2) is 62.7 Å². The number of nitrogens with one attached hydrogen (secondary N) is 1. The third-order valence-electron chi connectivity index (χ3n) is 7.33. The Morgan fingerprint density at radius 1 is 0.930 bits per heavy atom. The van der Waals surface area contributed by atoms with Gasteiger partial charge in [-0.25, -0.2) is 12.8 Å². The summed E-state index contributed by atoms with van der Waals surface area (Å²) in [5.74, 6) is -0.775. The van der Waals surface area contributed by atoms with Gasteiger partial charge in [-0.05, 0) is 55.7 Å². The lowest BCUT2D eigenvalue weighted by Gasteiger charge is -2.34. The van der Waals surface area contributed by atoms with Gasteiger partial charge in [0, 0.05) is 25.1 Å². The van der Waals surface area contributed by atoms with E-state index in [9.17, 15) is 22.4 Å². The number of hydrogen-bond acceptors (Lipinski definition) is 6. The van der Waals surface area contributed by atoms with Gasteiger partial charge in [0.05, 0.1) is 11.4 Å². The molecule has 1 aliphatic heterocycles. The number of halogens is 1. The van der Waals surface area contributed by atoms with Crippen molar-refractivity contribution in [2.45, 2.75) is 52.2 Å². The van der Waals surface area contributed by atoms with Crippen LogP contribution in [0.3, 0.4) is 0 Å². The number of amides is 2. The second kappa shape index (κ2) is 14.4. The average molecular weight is 612 g/mol. The van der Waals surface area contributed by atoms with Gasteiger partial charge in [0.1, 0.15) is 31.6 Å². The summed E-state index contributed by atoms with van der Waals surface area (Å²) in [6, 6.07) is 18.5. The third kappa shape index (κ3) is 8.25. The van der Waals surface area contributed by atoms with E-state index in [1.165, 1.54) is 30.0 Å². The number of carbonyl (C=O) groups excluding carboxylic acids is 2. The van der Waals surface area contributed by atoms with Crippen molar-refractivity contribution in [3.05, 3.63) is 89.7 Å². The summed E-state index contributed by atoms with van der Waals surface area (Å²) < 4.78 is 52.8. The summed E-state index contributed by atoms with van der Waals surface area (Å²) in [5, 5.41) is 2.99. The smallest absolute Gasteiger partial charge is 0.244 e. The van der Waals surface area contributed by atoms with Crippen molar-refractivity contribution >= 4 is 27.5 Å². The van der Waals surface area contributed by atoms with Crippen LogP contribution in [0.4, 0.5) is 10.1 Å². The molecule has 0 aliphatic carbocycles. The Labute approximate surface area is 252 Å². The Kier molecular flexibility index (Phi) is 10.6. The van der Waals surface area contributed by atoms with Crippen LogP contribution >= 0.6 is 0 Å². The van der Waals surface area contributed by atoms with Crippen molar-refractivity contribution in [1.82, 2.24) is 10.2 Å². The van der Waals surface area contributed by atoms with E-state index < -0.39 is 34.3 Å². The molecule has 0 aromatic heterocycles. The van der Waals surface area contributed by atoms with E-state index in [0.717, 1.165) is 9.87 Å². The Morgan fingerprint density at radius 2 is 1.60 bits per heavy atom. The minimum atomic E-state index is -3.94. The molecular formula is C32H38FN3O6S. The molecule has 3 aromatic carbocycles. The van der Waals surface area contributed by atoms with E-state index in [-0.39, 0.29) is 36.4 Å². The predicted octanol–water partition coefficient (Wildman–Crippen LogP) is 4.31. The summed E-state index contributed by atoms with van der Waals surface area (Å²) in [4.78, 5) is 29.4. The van der Waals surface area contributed by atoms with Crippen molar-refractivity contribution in [2.75, 3.05) is 29.8 Å². The van der Waals surface area contributed by atoms with E-state index in [2.05, 4.69) is 5.32 Å². The molecule has 0 spiro atoms. The highest BCUT2D eigenvalue weighted by Gasteiger charge is 2.34. The maximum Gasteiger partial charge on any atom is 0.244 e. The molecule has 1 N–H and O–H groups in total. The number of hydrogen-bond donors (Lipinski definition) is 1. The van der Waals surface area contributed by atoms with Crippen LogP contribution in [0.2, 0.25) is 0 Å². The monoisotopic (exact) mass is 611 g/mol. The Balaban J connectivity index is 1.75. The lowest BCUT2D eigenvalue weighted by Crippen LogP contribution is -2.54. The first-order chi connectivity index (χ1) is 20.6. The topological polar surface area (TPSA) is 105 Å². The fourth-order valence-corrected chi connectivity index (χ4v) is 5.74. The fourth-order valence-electron chi connectivity index (χ4n) is 4.69. The molecule has 43 heavy (non-hydrogen) atoms. The molecule has 0 bridgehead atoms. The average Bonchev–Trinajstić information content (AvgIpc) is 3.02. The summed E-state index contributed by atoms with van der Waals surface area (Å²) in [6.07, 6.45) is 0.878. The second-order valence-electron chi connectivity index (χ2n) is 10.4. The van der Waals surface area contributed by atoms with Crippen LogP contribution in [0.25, 0.3) is 0 Å². The van der Waals surface area contributed by atoms with Gasteiger partial charge in [0.15, 0.2) is 11.5 Å². The summed E-state index contributed by atoms with van der Waals surface area (Å²) >= 11 is 0. The molecule has 0 unspecified atom stereocenters. The highest BCUT2D eigenvalue weighted by Crippen LogP contribution is 2.35. The highest BCUT2D eigenvalue weighted by molar-refractivity contribution is 7.92. The fraction of sp³-hybridized carbons (Fsp3) is 0.375. The highest BCUT2D eigenvalue weighted by atomic mass is 32.2. The molecule has 1 heterocycles. The number of anilines is 1. The molecule has 1 aliphatic rings. The normalized spacial score (nSPS) is 14.0. The standard InChI is InChI=1S/C32H38FN3O6S/c1-4-23(3)34-32(38)28(19-24-9-7-6-8-10-24)35(21-25-11-13-26(33)14-12-25)31(37)22-36(43(39,40)5-2)27-15-16-29-30(20-27)42-18-17-41-29/h6-16,20,23,28H,4-5,17-19,21-22H2,1-3H3,(H,34,38)/t23-,28+/m1/s1. The number of ether oxygens (including phenoxy) is 2. The van der Waals surface area contributed by atoms with Gasteiger partial charge in [0.2, 0.25) is 21.8 Å². The van der Waals surface area contributed by atoms with E-state index >= 15 is 0 Å². The molecule has 2 amide bonds. The first-order valence-corrected chi connectivity index (χ1v) is 16.0. The zero-order valence-corrected chi connectivity index (χ0v) is 25.5. The maximum absolute atomic E-state index is 14.3. The number of benzene rings is 3.